The Hall–Kier alpha value is -2.28. The minimum Gasteiger partial charge on any atom is -0.506 e. The number of carboxylic acid groups (broad SMARTS) is 1. The van der Waals surface area contributed by atoms with Crippen molar-refractivity contribution in [3.8, 4) is 5.75 Å². The number of rotatable bonds is 4. The highest BCUT2D eigenvalue weighted by molar-refractivity contribution is 6.14. The molecule has 7 heteroatoms. The SMILES string of the molecule is CCN1CCN(c2cc3c(cc2O)C(=O)C(C(=O)O)CN3C2CC2)CC1. The molecule has 1 saturated heterocycles. The number of piperazine rings is 1. The largest absolute Gasteiger partial charge is 0.506 e. The van der Waals surface area contributed by atoms with Crippen molar-refractivity contribution in [2.24, 2.45) is 5.92 Å². The predicted molar refractivity (Wildman–Crippen MR) is 98.3 cm³/mol. The Morgan fingerprint density at radius 1 is 1.15 bits per heavy atom. The van der Waals surface area contributed by atoms with Crippen LogP contribution in [0.25, 0.3) is 0 Å². The van der Waals surface area contributed by atoms with Gasteiger partial charge in [0.15, 0.2) is 5.78 Å². The summed E-state index contributed by atoms with van der Waals surface area (Å²) in [7, 11) is 0. The Labute approximate surface area is 152 Å². The van der Waals surface area contributed by atoms with Gasteiger partial charge in [-0.2, -0.15) is 0 Å². The van der Waals surface area contributed by atoms with E-state index in [0.29, 0.717) is 11.6 Å². The second kappa shape index (κ2) is 6.46. The fourth-order valence-corrected chi connectivity index (χ4v) is 4.05. The van der Waals surface area contributed by atoms with Gasteiger partial charge < -0.3 is 24.9 Å². The molecule has 0 bridgehead atoms. The third-order valence-corrected chi connectivity index (χ3v) is 5.81. The molecule has 3 aliphatic rings. The van der Waals surface area contributed by atoms with Crippen LogP contribution in [0, 0.1) is 5.92 Å². The van der Waals surface area contributed by atoms with Crippen LogP contribution < -0.4 is 9.80 Å². The number of carboxylic acids is 1. The number of hydrogen-bond acceptors (Lipinski definition) is 6. The molecule has 1 unspecified atom stereocenters. The van der Waals surface area contributed by atoms with Gasteiger partial charge in [-0.25, -0.2) is 0 Å². The van der Waals surface area contributed by atoms with Crippen LogP contribution in [0.5, 0.6) is 5.75 Å². The molecular formula is C19H25N3O4. The summed E-state index contributed by atoms with van der Waals surface area (Å²) in [5, 5.41) is 20.0. The molecule has 0 amide bonds. The number of Topliss-reactive ketones (excluding diaryl/α,β-unsaturated/α-hetero) is 1. The molecule has 0 aromatic heterocycles. The smallest absolute Gasteiger partial charge is 0.316 e. The van der Waals surface area contributed by atoms with Gasteiger partial charge in [-0.3, -0.25) is 9.59 Å². The molecule has 26 heavy (non-hydrogen) atoms. The van der Waals surface area contributed by atoms with Crippen LogP contribution in [0.15, 0.2) is 12.1 Å². The molecule has 7 nitrogen and oxygen atoms in total. The molecule has 1 aliphatic carbocycles. The molecule has 1 atom stereocenters. The second-order valence-corrected chi connectivity index (χ2v) is 7.42. The average Bonchev–Trinajstić information content (AvgIpc) is 3.47. The van der Waals surface area contributed by atoms with Crippen molar-refractivity contribution in [3.63, 3.8) is 0 Å². The van der Waals surface area contributed by atoms with Crippen molar-refractivity contribution < 1.29 is 19.8 Å². The number of nitrogens with zero attached hydrogens (tertiary/aromatic N) is 3. The van der Waals surface area contributed by atoms with Crippen LogP contribution in [0.1, 0.15) is 30.1 Å². The maximum Gasteiger partial charge on any atom is 0.316 e. The number of fused-ring (bicyclic) bond motifs is 1. The topological polar surface area (TPSA) is 84.3 Å². The molecule has 140 valence electrons. The summed E-state index contributed by atoms with van der Waals surface area (Å²) in [6, 6.07) is 3.67. The second-order valence-electron chi connectivity index (χ2n) is 7.42. The van der Waals surface area contributed by atoms with Crippen LogP contribution in [-0.4, -0.2) is 72.2 Å². The Balaban J connectivity index is 1.69. The summed E-state index contributed by atoms with van der Waals surface area (Å²) >= 11 is 0. The first-order valence-electron chi connectivity index (χ1n) is 9.37. The standard InChI is InChI=1S/C19H25N3O4/c1-2-20-5-7-21(8-6-20)16-10-15-13(9-17(16)23)18(24)14(19(25)26)11-22(15)12-3-4-12/h9-10,12,14,23H,2-8,11H2,1H3,(H,25,26). The first-order chi connectivity index (χ1) is 12.5. The highest BCUT2D eigenvalue weighted by Crippen LogP contribution is 2.43. The zero-order valence-corrected chi connectivity index (χ0v) is 15.0. The predicted octanol–water partition coefficient (Wildman–Crippen LogP) is 1.40. The lowest BCUT2D eigenvalue weighted by Crippen LogP contribution is -2.47. The van der Waals surface area contributed by atoms with Gasteiger partial charge in [-0.1, -0.05) is 6.92 Å². The van der Waals surface area contributed by atoms with Gasteiger partial charge in [0, 0.05) is 44.3 Å². The molecule has 1 aromatic rings. The van der Waals surface area contributed by atoms with E-state index < -0.39 is 17.7 Å². The summed E-state index contributed by atoms with van der Waals surface area (Å²) in [4.78, 5) is 30.7. The first-order valence-corrected chi connectivity index (χ1v) is 9.37. The maximum absolute atomic E-state index is 12.6. The van der Waals surface area contributed by atoms with E-state index in [1.165, 1.54) is 6.07 Å². The lowest BCUT2D eigenvalue weighted by molar-refractivity contribution is -0.139. The summed E-state index contributed by atoms with van der Waals surface area (Å²) in [6.45, 7) is 6.93. The van der Waals surface area contributed by atoms with Crippen molar-refractivity contribution in [2.75, 3.05) is 49.1 Å². The van der Waals surface area contributed by atoms with Gasteiger partial charge in [0.2, 0.25) is 0 Å². The van der Waals surface area contributed by atoms with Crippen molar-refractivity contribution in [1.82, 2.24) is 4.90 Å². The molecule has 1 aromatic carbocycles. The monoisotopic (exact) mass is 359 g/mol. The molecule has 4 rings (SSSR count). The molecule has 2 aliphatic heterocycles. The van der Waals surface area contributed by atoms with Crippen LogP contribution in [-0.2, 0) is 4.79 Å². The van der Waals surface area contributed by atoms with E-state index in [1.54, 1.807) is 0 Å². The number of carbonyl (C=O) groups excluding carboxylic acids is 1. The molecule has 0 radical (unpaired) electrons. The van der Waals surface area contributed by atoms with E-state index in [2.05, 4.69) is 21.6 Å². The number of aliphatic carboxylic acids is 1. The first kappa shape index (κ1) is 17.1. The number of likely N-dealkylation sites (N-methyl/N-ethyl adjacent to an activating group) is 1. The van der Waals surface area contributed by atoms with Gasteiger partial charge in [0.25, 0.3) is 0 Å². The summed E-state index contributed by atoms with van der Waals surface area (Å²) in [6.07, 6.45) is 2.04. The summed E-state index contributed by atoms with van der Waals surface area (Å²) in [5.74, 6) is -2.49. The number of anilines is 2. The molecule has 2 N–H and O–H groups in total. The lowest BCUT2D eigenvalue weighted by Gasteiger charge is -2.38. The number of aromatic hydroxyl groups is 1. The highest BCUT2D eigenvalue weighted by Gasteiger charge is 2.42. The number of phenolic OH excluding ortho intramolecular Hbond substituents is 1. The molecule has 0 spiro atoms. The number of phenols is 1. The van der Waals surface area contributed by atoms with Gasteiger partial charge in [-0.05, 0) is 31.5 Å². The zero-order chi connectivity index (χ0) is 18.4. The van der Waals surface area contributed by atoms with Gasteiger partial charge in [-0.15, -0.1) is 0 Å². The molecule has 2 fully saturated rings. The number of benzene rings is 1. The highest BCUT2D eigenvalue weighted by atomic mass is 16.4. The lowest BCUT2D eigenvalue weighted by atomic mass is 9.90. The quantitative estimate of drug-likeness (QED) is 0.786. The minimum absolute atomic E-state index is 0.0591. The van der Waals surface area contributed by atoms with E-state index in [0.717, 1.165) is 56.9 Å². The van der Waals surface area contributed by atoms with Crippen LogP contribution in [0.4, 0.5) is 11.4 Å². The van der Waals surface area contributed by atoms with Crippen LogP contribution >= 0.6 is 0 Å². The van der Waals surface area contributed by atoms with E-state index >= 15 is 0 Å². The van der Waals surface area contributed by atoms with Crippen LogP contribution in [0.3, 0.4) is 0 Å². The third kappa shape index (κ3) is 2.90. The van der Waals surface area contributed by atoms with Gasteiger partial charge >= 0.3 is 5.97 Å². The minimum atomic E-state index is -1.09. The van der Waals surface area contributed by atoms with Crippen molar-refractivity contribution in [2.45, 2.75) is 25.8 Å². The fraction of sp³-hybridized carbons (Fsp3) is 0.579. The van der Waals surface area contributed by atoms with E-state index in [1.807, 2.05) is 6.07 Å². The Bertz CT molecular complexity index is 739. The zero-order valence-electron chi connectivity index (χ0n) is 15.0. The fourth-order valence-electron chi connectivity index (χ4n) is 4.05. The van der Waals surface area contributed by atoms with Crippen molar-refractivity contribution in [1.29, 1.82) is 0 Å². The number of hydrogen-bond donors (Lipinski definition) is 2. The maximum atomic E-state index is 12.6. The molecular weight excluding hydrogens is 334 g/mol. The van der Waals surface area contributed by atoms with Gasteiger partial charge in [0.05, 0.1) is 11.4 Å². The van der Waals surface area contributed by atoms with Crippen molar-refractivity contribution in [3.05, 3.63) is 17.7 Å². The normalized spacial score (nSPS) is 23.9. The average molecular weight is 359 g/mol. The molecule has 2 heterocycles. The Morgan fingerprint density at radius 2 is 1.85 bits per heavy atom. The van der Waals surface area contributed by atoms with Crippen molar-refractivity contribution >= 4 is 23.1 Å². The molecule has 1 saturated carbocycles. The summed E-state index contributed by atoms with van der Waals surface area (Å²) in [5.41, 5.74) is 1.86. The van der Waals surface area contributed by atoms with Crippen LogP contribution in [0.2, 0.25) is 0 Å². The number of carbonyl (C=O) groups is 2. The third-order valence-electron chi connectivity index (χ3n) is 5.81. The van der Waals surface area contributed by atoms with Gasteiger partial charge in [0.1, 0.15) is 11.7 Å². The summed E-state index contributed by atoms with van der Waals surface area (Å²) < 4.78 is 0. The van der Waals surface area contributed by atoms with E-state index in [9.17, 15) is 19.8 Å². The van der Waals surface area contributed by atoms with E-state index in [4.69, 9.17) is 0 Å². The Kier molecular flexibility index (Phi) is 4.26. The van der Waals surface area contributed by atoms with E-state index in [-0.39, 0.29) is 12.3 Å². The number of ketones is 1. The Morgan fingerprint density at radius 3 is 2.42 bits per heavy atom.